The lowest BCUT2D eigenvalue weighted by Gasteiger charge is -2.15. The van der Waals surface area contributed by atoms with Gasteiger partial charge in [0.05, 0.1) is 11.7 Å². The molecule has 1 atom stereocenters. The van der Waals surface area contributed by atoms with Crippen molar-refractivity contribution in [2.75, 3.05) is 5.32 Å². The van der Waals surface area contributed by atoms with Gasteiger partial charge in [-0.05, 0) is 25.1 Å². The van der Waals surface area contributed by atoms with E-state index in [2.05, 4.69) is 35.7 Å². The molecule has 0 fully saturated rings. The van der Waals surface area contributed by atoms with Crippen LogP contribution in [0.4, 0.5) is 10.5 Å². The van der Waals surface area contributed by atoms with E-state index in [0.717, 1.165) is 10.6 Å². The van der Waals surface area contributed by atoms with E-state index in [1.54, 1.807) is 24.7 Å². The molecule has 3 heterocycles. The molecule has 4 aromatic rings. The third-order valence-corrected chi connectivity index (χ3v) is 4.69. The summed E-state index contributed by atoms with van der Waals surface area (Å²) in [6.45, 7) is 1.82. The summed E-state index contributed by atoms with van der Waals surface area (Å²) in [5.74, 6) is 0.910. The van der Waals surface area contributed by atoms with E-state index in [1.165, 1.54) is 22.3 Å². The fourth-order valence-corrected chi connectivity index (χ4v) is 3.33. The molecule has 0 aliphatic carbocycles. The smallest absolute Gasteiger partial charge is 0.319 e. The van der Waals surface area contributed by atoms with Crippen LogP contribution in [0, 0.1) is 0 Å². The van der Waals surface area contributed by atoms with Crippen LogP contribution in [0.5, 0.6) is 0 Å². The first kappa shape index (κ1) is 17.7. The van der Waals surface area contributed by atoms with Crippen molar-refractivity contribution in [3.05, 3.63) is 66.5 Å². The van der Waals surface area contributed by atoms with Gasteiger partial charge in [-0.25, -0.2) is 24.7 Å². The van der Waals surface area contributed by atoms with Crippen LogP contribution in [0.2, 0.25) is 0 Å². The van der Waals surface area contributed by atoms with Crippen LogP contribution in [-0.2, 0) is 0 Å². The van der Waals surface area contributed by atoms with Crippen molar-refractivity contribution >= 4 is 23.1 Å². The number of nitrogens with zero attached hydrogens (tertiary/aromatic N) is 6. The highest BCUT2D eigenvalue weighted by molar-refractivity contribution is 7.13. The van der Waals surface area contributed by atoms with E-state index in [9.17, 15) is 4.79 Å². The first-order valence-electron chi connectivity index (χ1n) is 8.46. The molecule has 4 rings (SSSR count). The average molecular weight is 392 g/mol. The van der Waals surface area contributed by atoms with Crippen LogP contribution in [0.3, 0.4) is 0 Å². The summed E-state index contributed by atoms with van der Waals surface area (Å²) in [7, 11) is 0. The minimum Gasteiger partial charge on any atom is -0.328 e. The summed E-state index contributed by atoms with van der Waals surface area (Å²) in [4.78, 5) is 29.4. The van der Waals surface area contributed by atoms with Crippen molar-refractivity contribution in [2.24, 2.45) is 0 Å². The molecule has 2 N–H and O–H groups in total. The lowest BCUT2D eigenvalue weighted by molar-refractivity contribution is 0.248. The second-order valence-electron chi connectivity index (χ2n) is 5.78. The standard InChI is InChI=1S/C18H16N8OS/c1-12(15-22-11-23-26(15)17-20-7-4-8-21-17)24-18(27)25-14-6-3-2-5-13(14)16-19-9-10-28-16/h2-12H,1H3,(H2,24,25,27). The van der Waals surface area contributed by atoms with Crippen LogP contribution >= 0.6 is 11.3 Å². The van der Waals surface area contributed by atoms with E-state index < -0.39 is 6.04 Å². The largest absolute Gasteiger partial charge is 0.328 e. The summed E-state index contributed by atoms with van der Waals surface area (Å²) in [6.07, 6.45) is 6.37. The zero-order chi connectivity index (χ0) is 19.3. The topological polar surface area (TPSA) is 111 Å². The summed E-state index contributed by atoms with van der Waals surface area (Å²) < 4.78 is 1.49. The number of rotatable bonds is 5. The Morgan fingerprint density at radius 1 is 1.07 bits per heavy atom. The summed E-state index contributed by atoms with van der Waals surface area (Å²) in [5.41, 5.74) is 1.54. The van der Waals surface area contributed by atoms with Crippen LogP contribution in [0.25, 0.3) is 16.5 Å². The zero-order valence-electron chi connectivity index (χ0n) is 14.9. The number of thiazole rings is 1. The van der Waals surface area contributed by atoms with Gasteiger partial charge in [-0.1, -0.05) is 12.1 Å². The summed E-state index contributed by atoms with van der Waals surface area (Å²) >= 11 is 1.51. The Labute approximate surface area is 164 Å². The molecule has 10 heteroatoms. The maximum Gasteiger partial charge on any atom is 0.319 e. The van der Waals surface area contributed by atoms with E-state index >= 15 is 0 Å². The number of benzene rings is 1. The Hall–Kier alpha value is -3.66. The number of carbonyl (C=O) groups excluding carboxylic acids is 1. The predicted octanol–water partition coefficient (Wildman–Crippen LogP) is 3.06. The molecule has 0 spiro atoms. The number of hydrogen-bond donors (Lipinski definition) is 2. The number of aromatic nitrogens is 6. The van der Waals surface area contributed by atoms with Gasteiger partial charge in [0.15, 0.2) is 5.82 Å². The van der Waals surface area contributed by atoms with Crippen LogP contribution in [-0.4, -0.2) is 35.7 Å². The monoisotopic (exact) mass is 392 g/mol. The molecule has 0 aliphatic rings. The molecule has 1 aromatic carbocycles. The Bertz CT molecular complexity index is 1060. The SMILES string of the molecule is CC(NC(=O)Nc1ccccc1-c1nccs1)c1ncnn1-c1ncccn1. The van der Waals surface area contributed by atoms with E-state index in [4.69, 9.17) is 0 Å². The molecule has 28 heavy (non-hydrogen) atoms. The molecule has 3 aromatic heterocycles. The van der Waals surface area contributed by atoms with Gasteiger partial charge in [0, 0.05) is 29.5 Å². The van der Waals surface area contributed by atoms with Crippen LogP contribution < -0.4 is 10.6 Å². The van der Waals surface area contributed by atoms with Crippen molar-refractivity contribution in [3.8, 4) is 16.5 Å². The molecule has 140 valence electrons. The van der Waals surface area contributed by atoms with Gasteiger partial charge in [0.2, 0.25) is 0 Å². The molecule has 0 saturated heterocycles. The lowest BCUT2D eigenvalue weighted by atomic mass is 10.2. The molecular weight excluding hydrogens is 376 g/mol. The minimum absolute atomic E-state index is 0.361. The first-order valence-corrected chi connectivity index (χ1v) is 9.34. The predicted molar refractivity (Wildman–Crippen MR) is 105 cm³/mol. The molecule has 1 unspecified atom stereocenters. The number of amides is 2. The molecular formula is C18H16N8OS. The van der Waals surface area contributed by atoms with E-state index in [-0.39, 0.29) is 6.03 Å². The third-order valence-electron chi connectivity index (χ3n) is 3.89. The van der Waals surface area contributed by atoms with Crippen molar-refractivity contribution in [3.63, 3.8) is 0 Å². The number of nitrogens with one attached hydrogen (secondary N) is 2. The van der Waals surface area contributed by atoms with Crippen LogP contribution in [0.15, 0.2) is 60.6 Å². The van der Waals surface area contributed by atoms with Gasteiger partial charge in [0.1, 0.15) is 11.3 Å². The van der Waals surface area contributed by atoms with E-state index in [0.29, 0.717) is 17.5 Å². The highest BCUT2D eigenvalue weighted by Crippen LogP contribution is 2.29. The molecule has 0 bridgehead atoms. The molecule has 0 saturated carbocycles. The summed E-state index contributed by atoms with van der Waals surface area (Å²) in [6, 6.07) is 8.46. The highest BCUT2D eigenvalue weighted by Gasteiger charge is 2.18. The maximum atomic E-state index is 12.6. The number of para-hydroxylation sites is 1. The minimum atomic E-state index is -0.418. The van der Waals surface area contributed by atoms with Crippen molar-refractivity contribution < 1.29 is 4.79 Å². The fourth-order valence-electron chi connectivity index (χ4n) is 2.66. The van der Waals surface area contributed by atoms with Crippen LogP contribution in [0.1, 0.15) is 18.8 Å². The fraction of sp³-hybridized carbons (Fsp3) is 0.111. The molecule has 0 aliphatic heterocycles. The van der Waals surface area contributed by atoms with Gasteiger partial charge < -0.3 is 10.6 Å². The quantitative estimate of drug-likeness (QED) is 0.540. The molecule has 2 amide bonds. The maximum absolute atomic E-state index is 12.6. The van der Waals surface area contributed by atoms with Gasteiger partial charge in [-0.3, -0.25) is 0 Å². The van der Waals surface area contributed by atoms with Gasteiger partial charge in [-0.2, -0.15) is 9.78 Å². The second-order valence-corrected chi connectivity index (χ2v) is 6.68. The van der Waals surface area contributed by atoms with Gasteiger partial charge >= 0.3 is 6.03 Å². The second kappa shape index (κ2) is 7.92. The zero-order valence-corrected chi connectivity index (χ0v) is 15.7. The molecule has 9 nitrogen and oxygen atoms in total. The highest BCUT2D eigenvalue weighted by atomic mass is 32.1. The third kappa shape index (κ3) is 3.71. The van der Waals surface area contributed by atoms with Crippen molar-refractivity contribution in [1.29, 1.82) is 0 Å². The number of hydrogen-bond acceptors (Lipinski definition) is 7. The average Bonchev–Trinajstić information content (AvgIpc) is 3.41. The number of anilines is 1. The van der Waals surface area contributed by atoms with Crippen molar-refractivity contribution in [1.82, 2.24) is 35.0 Å². The van der Waals surface area contributed by atoms with E-state index in [1.807, 2.05) is 36.6 Å². The van der Waals surface area contributed by atoms with Gasteiger partial charge in [-0.15, -0.1) is 11.3 Å². The Morgan fingerprint density at radius 3 is 2.68 bits per heavy atom. The normalized spacial score (nSPS) is 11.8. The molecule has 0 radical (unpaired) electrons. The van der Waals surface area contributed by atoms with Gasteiger partial charge in [0.25, 0.3) is 5.95 Å². The Balaban J connectivity index is 1.50. The Morgan fingerprint density at radius 2 is 1.89 bits per heavy atom. The number of urea groups is 1. The first-order chi connectivity index (χ1) is 13.7. The van der Waals surface area contributed by atoms with Crippen molar-refractivity contribution in [2.45, 2.75) is 13.0 Å². The Kier molecular flexibility index (Phi) is 5.02. The summed E-state index contributed by atoms with van der Waals surface area (Å²) in [5, 5.41) is 12.6. The lowest BCUT2D eigenvalue weighted by Crippen LogP contribution is -2.32. The number of carbonyl (C=O) groups is 1.